The lowest BCUT2D eigenvalue weighted by Gasteiger charge is -2.01. The van der Waals surface area contributed by atoms with Crippen molar-refractivity contribution in [3.63, 3.8) is 0 Å². The van der Waals surface area contributed by atoms with Crippen LogP contribution < -0.4 is 5.73 Å². The van der Waals surface area contributed by atoms with E-state index in [4.69, 9.17) is 10.8 Å². The number of nitrogens with two attached hydrogens (primary N) is 1. The molecule has 0 saturated heterocycles. The maximum absolute atomic E-state index is 10.3. The summed E-state index contributed by atoms with van der Waals surface area (Å²) in [4.78, 5) is 10.3. The third kappa shape index (κ3) is 2.20. The van der Waals surface area contributed by atoms with Crippen LogP contribution in [0.2, 0.25) is 0 Å². The molecule has 0 amide bonds. The smallest absolute Gasteiger partial charge is 0.320 e. The highest BCUT2D eigenvalue weighted by atomic mass is 16.4. The Morgan fingerprint density at radius 3 is 2.67 bits per heavy atom. The van der Waals surface area contributed by atoms with Gasteiger partial charge in [0.1, 0.15) is 6.04 Å². The molecule has 1 aromatic rings. The third-order valence-corrected chi connectivity index (χ3v) is 1.17. The number of aromatic nitrogens is 4. The highest BCUT2D eigenvalue weighted by Gasteiger charge is 2.13. The van der Waals surface area contributed by atoms with Crippen molar-refractivity contribution in [2.24, 2.45) is 5.73 Å². The molecule has 0 saturated carbocycles. The summed E-state index contributed by atoms with van der Waals surface area (Å²) in [6.07, 6.45) is 1.20. The molecule has 0 aliphatic carbocycles. The van der Waals surface area contributed by atoms with Crippen LogP contribution in [-0.2, 0) is 11.2 Å². The Morgan fingerprint density at radius 2 is 2.17 bits per heavy atom. The fourth-order valence-corrected chi connectivity index (χ4v) is 0.594. The van der Waals surface area contributed by atoms with Gasteiger partial charge in [-0.2, -0.15) is 0 Å². The van der Waals surface area contributed by atoms with E-state index in [9.17, 15) is 4.79 Å². The molecule has 12 heavy (non-hydrogen) atoms. The molecule has 0 fully saturated rings. The van der Waals surface area contributed by atoms with Gasteiger partial charge in [0.15, 0.2) is 12.2 Å². The van der Waals surface area contributed by atoms with Gasteiger partial charge in [-0.3, -0.25) is 4.79 Å². The van der Waals surface area contributed by atoms with Crippen molar-refractivity contribution in [2.45, 2.75) is 12.5 Å². The Bertz CT molecular complexity index is 264. The van der Waals surface area contributed by atoms with E-state index in [-0.39, 0.29) is 12.2 Å². The van der Waals surface area contributed by atoms with E-state index >= 15 is 0 Å². The predicted octanol–water partition coefficient (Wildman–Crippen LogP) is -1.78. The van der Waals surface area contributed by atoms with Crippen LogP contribution in [-0.4, -0.2) is 37.5 Å². The SMILES string of the molecule is NC(Cc1nncnn1)C(=O)O. The van der Waals surface area contributed by atoms with Gasteiger partial charge in [-0.25, -0.2) is 0 Å². The Hall–Kier alpha value is -1.63. The van der Waals surface area contributed by atoms with Gasteiger partial charge in [0.2, 0.25) is 0 Å². The fraction of sp³-hybridized carbons (Fsp3) is 0.400. The van der Waals surface area contributed by atoms with Crippen molar-refractivity contribution in [2.75, 3.05) is 0 Å². The molecule has 1 unspecified atom stereocenters. The number of rotatable bonds is 3. The molecule has 1 atom stereocenters. The standard InChI is InChI=1S/C5H7N5O2/c6-3(5(11)12)1-4-9-7-2-8-10-4/h2-3H,1,6H2,(H,11,12). The van der Waals surface area contributed by atoms with Crippen molar-refractivity contribution >= 4 is 5.97 Å². The van der Waals surface area contributed by atoms with Crippen LogP contribution in [0.5, 0.6) is 0 Å². The zero-order valence-electron chi connectivity index (χ0n) is 6.08. The molecule has 0 aliphatic rings. The maximum atomic E-state index is 10.3. The van der Waals surface area contributed by atoms with E-state index in [1.165, 1.54) is 0 Å². The first kappa shape index (κ1) is 8.47. The summed E-state index contributed by atoms with van der Waals surface area (Å²) in [5, 5.41) is 22.3. The number of aliphatic carboxylic acids is 1. The van der Waals surface area contributed by atoms with Crippen LogP contribution in [0.15, 0.2) is 6.33 Å². The third-order valence-electron chi connectivity index (χ3n) is 1.17. The first-order chi connectivity index (χ1) is 5.70. The van der Waals surface area contributed by atoms with Crippen LogP contribution in [0.4, 0.5) is 0 Å². The summed E-state index contributed by atoms with van der Waals surface area (Å²) in [6.45, 7) is 0. The number of hydrogen-bond acceptors (Lipinski definition) is 6. The molecule has 0 bridgehead atoms. The highest BCUT2D eigenvalue weighted by Crippen LogP contribution is 1.90. The Morgan fingerprint density at radius 1 is 1.58 bits per heavy atom. The maximum Gasteiger partial charge on any atom is 0.320 e. The quantitative estimate of drug-likeness (QED) is 0.549. The molecule has 7 heteroatoms. The molecule has 1 rings (SSSR count). The zero-order valence-corrected chi connectivity index (χ0v) is 6.08. The lowest BCUT2D eigenvalue weighted by Crippen LogP contribution is -2.33. The van der Waals surface area contributed by atoms with Gasteiger partial charge in [-0.05, 0) is 0 Å². The van der Waals surface area contributed by atoms with Crippen LogP contribution in [0, 0.1) is 0 Å². The molecule has 0 aliphatic heterocycles. The van der Waals surface area contributed by atoms with Crippen molar-refractivity contribution < 1.29 is 9.90 Å². The van der Waals surface area contributed by atoms with E-state index in [1.54, 1.807) is 0 Å². The minimum absolute atomic E-state index is 0.0379. The number of hydrogen-bond donors (Lipinski definition) is 2. The second-order valence-corrected chi connectivity index (χ2v) is 2.11. The highest BCUT2D eigenvalue weighted by molar-refractivity contribution is 5.73. The first-order valence-corrected chi connectivity index (χ1v) is 3.18. The van der Waals surface area contributed by atoms with Crippen LogP contribution in [0.1, 0.15) is 5.82 Å². The number of carboxylic acid groups (broad SMARTS) is 1. The number of carbonyl (C=O) groups is 1. The van der Waals surface area contributed by atoms with Crippen molar-refractivity contribution in [3.8, 4) is 0 Å². The predicted molar refractivity (Wildman–Crippen MR) is 36.9 cm³/mol. The van der Waals surface area contributed by atoms with Gasteiger partial charge in [-0.15, -0.1) is 20.4 Å². The lowest BCUT2D eigenvalue weighted by atomic mass is 10.2. The van der Waals surface area contributed by atoms with Gasteiger partial charge >= 0.3 is 5.97 Å². The number of nitrogens with zero attached hydrogens (tertiary/aromatic N) is 4. The van der Waals surface area contributed by atoms with Gasteiger partial charge < -0.3 is 10.8 Å². The monoisotopic (exact) mass is 169 g/mol. The van der Waals surface area contributed by atoms with Gasteiger partial charge in [0.05, 0.1) is 0 Å². The van der Waals surface area contributed by atoms with Gasteiger partial charge in [0, 0.05) is 6.42 Å². The van der Waals surface area contributed by atoms with Crippen molar-refractivity contribution in [3.05, 3.63) is 12.2 Å². The Balaban J connectivity index is 2.58. The largest absolute Gasteiger partial charge is 0.480 e. The summed E-state index contributed by atoms with van der Waals surface area (Å²) < 4.78 is 0. The molecule has 1 aromatic heterocycles. The van der Waals surface area contributed by atoms with E-state index < -0.39 is 12.0 Å². The Labute approximate surface area is 67.6 Å². The molecular weight excluding hydrogens is 162 g/mol. The summed E-state index contributed by atoms with van der Waals surface area (Å²) in [6, 6.07) is -1.00. The zero-order chi connectivity index (χ0) is 8.97. The second kappa shape index (κ2) is 3.67. The van der Waals surface area contributed by atoms with E-state index in [0.717, 1.165) is 6.33 Å². The van der Waals surface area contributed by atoms with Crippen LogP contribution in [0.3, 0.4) is 0 Å². The molecular formula is C5H7N5O2. The average Bonchev–Trinajstić information content (AvgIpc) is 2.06. The average molecular weight is 169 g/mol. The van der Waals surface area contributed by atoms with E-state index in [1.807, 2.05) is 0 Å². The summed E-state index contributed by atoms with van der Waals surface area (Å²) >= 11 is 0. The molecule has 7 nitrogen and oxygen atoms in total. The molecule has 0 spiro atoms. The summed E-state index contributed by atoms with van der Waals surface area (Å²) in [5.74, 6) is -0.866. The molecule has 1 heterocycles. The van der Waals surface area contributed by atoms with E-state index in [0.29, 0.717) is 0 Å². The molecule has 3 N–H and O–H groups in total. The fourth-order valence-electron chi connectivity index (χ4n) is 0.594. The Kier molecular flexibility index (Phi) is 2.59. The second-order valence-electron chi connectivity index (χ2n) is 2.11. The van der Waals surface area contributed by atoms with Crippen molar-refractivity contribution in [1.82, 2.24) is 20.4 Å². The summed E-state index contributed by atoms with van der Waals surface area (Å²) in [5.41, 5.74) is 5.21. The molecule has 0 radical (unpaired) electrons. The lowest BCUT2D eigenvalue weighted by molar-refractivity contribution is -0.138. The van der Waals surface area contributed by atoms with Crippen LogP contribution in [0.25, 0.3) is 0 Å². The minimum Gasteiger partial charge on any atom is -0.480 e. The molecule has 64 valence electrons. The van der Waals surface area contributed by atoms with E-state index in [2.05, 4.69) is 20.4 Å². The summed E-state index contributed by atoms with van der Waals surface area (Å²) in [7, 11) is 0. The van der Waals surface area contributed by atoms with Crippen LogP contribution >= 0.6 is 0 Å². The van der Waals surface area contributed by atoms with Crippen molar-refractivity contribution in [1.29, 1.82) is 0 Å². The normalized spacial score (nSPS) is 12.4. The minimum atomic E-state index is -1.09. The number of carboxylic acids is 1. The van der Waals surface area contributed by atoms with Gasteiger partial charge in [0.25, 0.3) is 0 Å². The topological polar surface area (TPSA) is 115 Å². The molecule has 0 aromatic carbocycles. The first-order valence-electron chi connectivity index (χ1n) is 3.18. The van der Waals surface area contributed by atoms with Gasteiger partial charge in [-0.1, -0.05) is 0 Å².